The fourth-order valence-corrected chi connectivity index (χ4v) is 3.71. The molecule has 1 saturated carbocycles. The number of aryl methyl sites for hydroxylation is 1. The molecule has 1 aliphatic carbocycles. The number of benzene rings is 1. The summed E-state index contributed by atoms with van der Waals surface area (Å²) in [5.74, 6) is 0.181. The molecule has 1 heterocycles. The third-order valence-corrected chi connectivity index (χ3v) is 5.07. The van der Waals surface area contributed by atoms with Crippen molar-refractivity contribution in [3.8, 4) is 0 Å². The molecule has 0 unspecified atom stereocenters. The Hall–Kier alpha value is -1.39. The Morgan fingerprint density at radius 2 is 1.86 bits per heavy atom. The van der Waals surface area contributed by atoms with Gasteiger partial charge >= 0.3 is 0 Å². The average molecular weight is 301 g/mol. The predicted octanol–water partition coefficient (Wildman–Crippen LogP) is 1.91. The van der Waals surface area contributed by atoms with Gasteiger partial charge in [0.1, 0.15) is 0 Å². The Morgan fingerprint density at radius 3 is 2.50 bits per heavy atom. The van der Waals surface area contributed by atoms with E-state index in [1.807, 2.05) is 4.90 Å². The van der Waals surface area contributed by atoms with E-state index >= 15 is 0 Å². The highest BCUT2D eigenvalue weighted by Crippen LogP contribution is 2.29. The molecule has 22 heavy (non-hydrogen) atoms. The van der Waals surface area contributed by atoms with Crippen LogP contribution in [0.25, 0.3) is 0 Å². The van der Waals surface area contributed by atoms with Gasteiger partial charge in [0.25, 0.3) is 0 Å². The van der Waals surface area contributed by atoms with Crippen molar-refractivity contribution in [3.63, 3.8) is 0 Å². The summed E-state index contributed by atoms with van der Waals surface area (Å²) in [4.78, 5) is 17.0. The Morgan fingerprint density at radius 1 is 1.18 bits per heavy atom. The molecule has 2 fully saturated rings. The predicted molar refractivity (Wildman–Crippen MR) is 88.4 cm³/mol. The maximum absolute atomic E-state index is 12.6. The summed E-state index contributed by atoms with van der Waals surface area (Å²) in [6, 6.07) is 8.66. The molecule has 1 aliphatic heterocycles. The van der Waals surface area contributed by atoms with Crippen LogP contribution >= 0.6 is 0 Å². The van der Waals surface area contributed by atoms with Gasteiger partial charge in [-0.25, -0.2) is 0 Å². The van der Waals surface area contributed by atoms with Gasteiger partial charge in [0, 0.05) is 32.7 Å². The van der Waals surface area contributed by atoms with E-state index in [1.165, 1.54) is 11.1 Å². The Balaban J connectivity index is 1.53. The quantitative estimate of drug-likeness (QED) is 0.928. The van der Waals surface area contributed by atoms with E-state index in [-0.39, 0.29) is 5.91 Å². The smallest absolute Gasteiger partial charge is 0.242 e. The van der Waals surface area contributed by atoms with Gasteiger partial charge in [-0.05, 0) is 25.3 Å². The first kappa shape index (κ1) is 15.5. The zero-order valence-corrected chi connectivity index (χ0v) is 13.6. The molecule has 4 heteroatoms. The van der Waals surface area contributed by atoms with E-state index < -0.39 is 5.54 Å². The topological polar surface area (TPSA) is 49.6 Å². The van der Waals surface area contributed by atoms with E-state index in [2.05, 4.69) is 36.1 Å². The second-order valence-corrected chi connectivity index (χ2v) is 6.92. The van der Waals surface area contributed by atoms with Gasteiger partial charge < -0.3 is 10.6 Å². The summed E-state index contributed by atoms with van der Waals surface area (Å²) in [6.07, 6.45) is 3.90. The fraction of sp³-hybridized carbons (Fsp3) is 0.611. The zero-order valence-electron chi connectivity index (χ0n) is 13.6. The minimum atomic E-state index is -0.571. The van der Waals surface area contributed by atoms with Crippen molar-refractivity contribution in [1.29, 1.82) is 0 Å². The number of carbonyl (C=O) groups is 1. The standard InChI is InChI=1S/C18H27N3O/c1-15-5-4-6-16(13-15)14-20-9-11-21(12-10-20)17(22)18(19)7-2-3-8-18/h4-6,13H,2-3,7-12,14,19H2,1H3. The van der Waals surface area contributed by atoms with Crippen LogP contribution in [-0.4, -0.2) is 47.4 Å². The van der Waals surface area contributed by atoms with E-state index in [4.69, 9.17) is 5.73 Å². The van der Waals surface area contributed by atoms with Crippen LogP contribution in [0.2, 0.25) is 0 Å². The lowest BCUT2D eigenvalue weighted by atomic mass is 9.97. The highest BCUT2D eigenvalue weighted by atomic mass is 16.2. The van der Waals surface area contributed by atoms with Crippen LogP contribution in [0.1, 0.15) is 36.8 Å². The molecule has 1 saturated heterocycles. The summed E-state index contributed by atoms with van der Waals surface area (Å²) in [6.45, 7) is 6.60. The number of hydrogen-bond acceptors (Lipinski definition) is 3. The highest BCUT2D eigenvalue weighted by molar-refractivity contribution is 5.86. The molecule has 4 nitrogen and oxygen atoms in total. The Labute approximate surface area is 133 Å². The van der Waals surface area contributed by atoms with E-state index in [0.29, 0.717) is 0 Å². The number of rotatable bonds is 3. The minimum absolute atomic E-state index is 0.181. The van der Waals surface area contributed by atoms with Crippen molar-refractivity contribution >= 4 is 5.91 Å². The van der Waals surface area contributed by atoms with Crippen LogP contribution in [0, 0.1) is 6.92 Å². The first-order valence-electron chi connectivity index (χ1n) is 8.43. The maximum Gasteiger partial charge on any atom is 0.242 e. The van der Waals surface area contributed by atoms with Crippen LogP contribution in [0.5, 0.6) is 0 Å². The second-order valence-electron chi connectivity index (χ2n) is 6.92. The first-order valence-corrected chi connectivity index (χ1v) is 8.43. The van der Waals surface area contributed by atoms with Crippen molar-refractivity contribution in [3.05, 3.63) is 35.4 Å². The molecule has 0 atom stereocenters. The van der Waals surface area contributed by atoms with Gasteiger partial charge in [0.15, 0.2) is 0 Å². The molecular weight excluding hydrogens is 274 g/mol. The SMILES string of the molecule is Cc1cccc(CN2CCN(C(=O)C3(N)CCCC3)CC2)c1. The molecule has 2 aliphatic rings. The first-order chi connectivity index (χ1) is 10.6. The molecule has 1 amide bonds. The van der Waals surface area contributed by atoms with Gasteiger partial charge in [-0.1, -0.05) is 42.7 Å². The molecule has 3 rings (SSSR count). The second kappa shape index (κ2) is 6.39. The number of piperazine rings is 1. The number of nitrogens with two attached hydrogens (primary N) is 1. The van der Waals surface area contributed by atoms with Gasteiger partial charge in [-0.3, -0.25) is 9.69 Å². The van der Waals surface area contributed by atoms with Crippen LogP contribution in [0.3, 0.4) is 0 Å². The lowest BCUT2D eigenvalue weighted by molar-refractivity contribution is -0.138. The third kappa shape index (κ3) is 3.33. The summed E-state index contributed by atoms with van der Waals surface area (Å²) in [5.41, 5.74) is 8.39. The van der Waals surface area contributed by atoms with Crippen LogP contribution in [-0.2, 0) is 11.3 Å². The van der Waals surface area contributed by atoms with Gasteiger partial charge in [-0.2, -0.15) is 0 Å². The summed E-state index contributed by atoms with van der Waals surface area (Å²) in [5, 5.41) is 0. The monoisotopic (exact) mass is 301 g/mol. The number of nitrogens with zero attached hydrogens (tertiary/aromatic N) is 2. The van der Waals surface area contributed by atoms with Gasteiger partial charge in [-0.15, -0.1) is 0 Å². The molecule has 120 valence electrons. The molecule has 0 radical (unpaired) electrons. The number of carbonyl (C=O) groups excluding carboxylic acids is 1. The number of hydrogen-bond donors (Lipinski definition) is 1. The van der Waals surface area contributed by atoms with Crippen molar-refractivity contribution in [1.82, 2.24) is 9.80 Å². The Kier molecular flexibility index (Phi) is 4.50. The summed E-state index contributed by atoms with van der Waals surface area (Å²) >= 11 is 0. The molecule has 1 aromatic rings. The molecule has 0 spiro atoms. The summed E-state index contributed by atoms with van der Waals surface area (Å²) < 4.78 is 0. The molecular formula is C18H27N3O. The van der Waals surface area contributed by atoms with Crippen molar-refractivity contribution in [2.24, 2.45) is 5.73 Å². The van der Waals surface area contributed by atoms with Crippen LogP contribution in [0.15, 0.2) is 24.3 Å². The largest absolute Gasteiger partial charge is 0.339 e. The van der Waals surface area contributed by atoms with E-state index in [9.17, 15) is 4.79 Å². The van der Waals surface area contributed by atoms with E-state index in [0.717, 1.165) is 58.4 Å². The average Bonchev–Trinajstić information content (AvgIpc) is 2.95. The fourth-order valence-electron chi connectivity index (χ4n) is 3.71. The summed E-state index contributed by atoms with van der Waals surface area (Å²) in [7, 11) is 0. The minimum Gasteiger partial charge on any atom is -0.339 e. The van der Waals surface area contributed by atoms with Crippen LogP contribution < -0.4 is 5.73 Å². The normalized spacial score (nSPS) is 22.0. The molecule has 0 bridgehead atoms. The molecule has 2 N–H and O–H groups in total. The van der Waals surface area contributed by atoms with Crippen molar-refractivity contribution < 1.29 is 4.79 Å². The Bertz CT molecular complexity index is 529. The zero-order chi connectivity index (χ0) is 15.6. The van der Waals surface area contributed by atoms with Crippen LogP contribution in [0.4, 0.5) is 0 Å². The highest BCUT2D eigenvalue weighted by Gasteiger charge is 2.40. The third-order valence-electron chi connectivity index (χ3n) is 5.07. The molecule has 0 aromatic heterocycles. The van der Waals surface area contributed by atoms with Crippen molar-refractivity contribution in [2.45, 2.75) is 44.7 Å². The van der Waals surface area contributed by atoms with Crippen molar-refractivity contribution in [2.75, 3.05) is 26.2 Å². The maximum atomic E-state index is 12.6. The van der Waals surface area contributed by atoms with E-state index in [1.54, 1.807) is 0 Å². The lowest BCUT2D eigenvalue weighted by Gasteiger charge is -2.38. The molecule has 1 aromatic carbocycles. The van der Waals surface area contributed by atoms with Gasteiger partial charge in [0.05, 0.1) is 5.54 Å². The van der Waals surface area contributed by atoms with Gasteiger partial charge in [0.2, 0.25) is 5.91 Å². The lowest BCUT2D eigenvalue weighted by Crippen LogP contribution is -2.58. The number of amides is 1.